The molecule has 3 heterocycles. The van der Waals surface area contributed by atoms with Gasteiger partial charge in [0, 0.05) is 31.5 Å². The molecule has 4 rings (SSSR count). The molecule has 0 spiro atoms. The topological polar surface area (TPSA) is 122 Å². The van der Waals surface area contributed by atoms with Gasteiger partial charge in [-0.05, 0) is 50.8 Å². The van der Waals surface area contributed by atoms with Crippen LogP contribution in [-0.4, -0.2) is 48.3 Å². The highest BCUT2D eigenvalue weighted by Crippen LogP contribution is 2.36. The molecule has 0 saturated carbocycles. The molecule has 1 unspecified atom stereocenters. The molecule has 1 aliphatic rings. The van der Waals surface area contributed by atoms with Crippen molar-refractivity contribution >= 4 is 38.9 Å². The molecule has 0 amide bonds. The Balaban J connectivity index is 1.63. The Hall–Kier alpha value is -3.31. The van der Waals surface area contributed by atoms with Crippen molar-refractivity contribution in [3.8, 4) is 0 Å². The van der Waals surface area contributed by atoms with Crippen LogP contribution in [0.1, 0.15) is 42.4 Å². The van der Waals surface area contributed by atoms with Crippen LogP contribution in [0.4, 0.5) is 28.8 Å². The van der Waals surface area contributed by atoms with Crippen molar-refractivity contribution in [1.29, 1.82) is 0 Å². The largest absolute Gasteiger partial charge is 0.374 e. The minimum atomic E-state index is -3.48. The number of nitrogens with zero attached hydrogens (tertiary/aromatic N) is 5. The third kappa shape index (κ3) is 5.78. The van der Waals surface area contributed by atoms with Crippen molar-refractivity contribution in [2.75, 3.05) is 34.8 Å². The monoisotopic (exact) mass is 483 g/mol. The van der Waals surface area contributed by atoms with Crippen LogP contribution < -0.4 is 14.9 Å². The van der Waals surface area contributed by atoms with E-state index >= 15 is 0 Å². The van der Waals surface area contributed by atoms with E-state index < -0.39 is 10.0 Å². The van der Waals surface area contributed by atoms with E-state index in [9.17, 15) is 8.42 Å². The Kier molecular flexibility index (Phi) is 6.94. The van der Waals surface area contributed by atoms with Gasteiger partial charge in [0.05, 0.1) is 23.7 Å². The number of rotatable bonds is 7. The molecule has 10 nitrogen and oxygen atoms in total. The summed E-state index contributed by atoms with van der Waals surface area (Å²) in [5.74, 6) is 2.33. The van der Waals surface area contributed by atoms with Crippen molar-refractivity contribution in [2.45, 2.75) is 39.2 Å². The molecule has 0 radical (unpaired) electrons. The van der Waals surface area contributed by atoms with Gasteiger partial charge in [-0.1, -0.05) is 6.07 Å². The number of aromatic nitrogens is 4. The molecule has 34 heavy (non-hydrogen) atoms. The first-order chi connectivity index (χ1) is 16.2. The lowest BCUT2D eigenvalue weighted by Gasteiger charge is -2.26. The van der Waals surface area contributed by atoms with E-state index in [2.05, 4.69) is 30.6 Å². The zero-order valence-electron chi connectivity index (χ0n) is 19.7. The lowest BCUT2D eigenvalue weighted by Crippen LogP contribution is -2.26. The summed E-state index contributed by atoms with van der Waals surface area (Å²) >= 11 is 0. The zero-order chi connectivity index (χ0) is 24.3. The van der Waals surface area contributed by atoms with Crippen LogP contribution in [0.15, 0.2) is 36.7 Å². The van der Waals surface area contributed by atoms with Crippen LogP contribution in [0.2, 0.25) is 0 Å². The Morgan fingerprint density at radius 3 is 2.44 bits per heavy atom. The van der Waals surface area contributed by atoms with Gasteiger partial charge in [-0.2, -0.15) is 0 Å². The van der Waals surface area contributed by atoms with E-state index in [1.165, 1.54) is 23.9 Å². The summed E-state index contributed by atoms with van der Waals surface area (Å²) < 4.78 is 31.9. The van der Waals surface area contributed by atoms with Crippen LogP contribution in [0.3, 0.4) is 0 Å². The second-order valence-corrected chi connectivity index (χ2v) is 10.4. The summed E-state index contributed by atoms with van der Waals surface area (Å²) in [6.45, 7) is 4.44. The smallest absolute Gasteiger partial charge is 0.232 e. The Labute approximate surface area is 199 Å². The Bertz CT molecular complexity index is 1260. The van der Waals surface area contributed by atoms with Crippen LogP contribution in [0.5, 0.6) is 0 Å². The maximum atomic E-state index is 12.4. The third-order valence-electron chi connectivity index (χ3n) is 5.56. The normalized spacial score (nSPS) is 16.2. The summed E-state index contributed by atoms with van der Waals surface area (Å²) in [6.07, 6.45) is 5.62. The predicted molar refractivity (Wildman–Crippen MR) is 132 cm³/mol. The van der Waals surface area contributed by atoms with Crippen LogP contribution in [0, 0.1) is 13.8 Å². The summed E-state index contributed by atoms with van der Waals surface area (Å²) in [5.41, 5.74) is 2.92. The summed E-state index contributed by atoms with van der Waals surface area (Å²) in [6, 6.07) is 9.25. The molecule has 1 atom stereocenters. The second-order valence-electron chi connectivity index (χ2n) is 8.34. The molecule has 0 aliphatic carbocycles. The third-order valence-corrected chi connectivity index (χ3v) is 6.75. The van der Waals surface area contributed by atoms with E-state index in [0.717, 1.165) is 30.5 Å². The Morgan fingerprint density at radius 1 is 1.00 bits per heavy atom. The summed E-state index contributed by atoms with van der Waals surface area (Å²) in [7, 11) is -1.95. The average molecular weight is 484 g/mol. The minimum absolute atomic E-state index is 0.0378. The number of sulfonamides is 1. The van der Waals surface area contributed by atoms with Gasteiger partial charge in [0.15, 0.2) is 0 Å². The number of hydrogen-bond acceptors (Lipinski definition) is 9. The predicted octanol–water partition coefficient (Wildman–Crippen LogP) is 4.01. The number of hydrogen-bond donors (Lipinski definition) is 2. The zero-order valence-corrected chi connectivity index (χ0v) is 20.6. The quantitative estimate of drug-likeness (QED) is 0.513. The van der Waals surface area contributed by atoms with Gasteiger partial charge in [-0.3, -0.25) is 4.31 Å². The Morgan fingerprint density at radius 2 is 1.76 bits per heavy atom. The average Bonchev–Trinajstić information content (AvgIpc) is 2.78. The highest BCUT2D eigenvalue weighted by atomic mass is 32.2. The lowest BCUT2D eigenvalue weighted by atomic mass is 10.0. The molecule has 180 valence electrons. The highest BCUT2D eigenvalue weighted by molar-refractivity contribution is 7.92. The van der Waals surface area contributed by atoms with Gasteiger partial charge in [0.1, 0.15) is 29.6 Å². The van der Waals surface area contributed by atoms with Crippen LogP contribution in [-0.2, 0) is 14.8 Å². The number of nitrogens with one attached hydrogen (secondary N) is 2. The number of anilines is 5. The molecule has 11 heteroatoms. The standard InChI is InChI=1S/C23H29N7O3S/c1-15-11-23(27-16(2)26-15)29-22-13-21(24-14-25-22)28-18-9-8-17(20-7-5-6-10-33-20)12-19(18)30(3)34(4,31)32/h8-9,11-14,20H,5-7,10H2,1-4H3,(H2,24,25,26,27,28,29). The van der Waals surface area contributed by atoms with Crippen molar-refractivity contribution in [2.24, 2.45) is 0 Å². The molecule has 2 aromatic heterocycles. The molecule has 1 saturated heterocycles. The molecule has 1 fully saturated rings. The van der Waals surface area contributed by atoms with E-state index in [1.54, 1.807) is 6.07 Å². The maximum absolute atomic E-state index is 12.4. The number of aryl methyl sites for hydroxylation is 2. The van der Waals surface area contributed by atoms with E-state index in [-0.39, 0.29) is 6.10 Å². The molecule has 0 bridgehead atoms. The van der Waals surface area contributed by atoms with Crippen molar-refractivity contribution in [3.05, 3.63) is 53.7 Å². The first-order valence-electron chi connectivity index (χ1n) is 11.1. The second kappa shape index (κ2) is 9.90. The first-order valence-corrected chi connectivity index (χ1v) is 12.9. The summed E-state index contributed by atoms with van der Waals surface area (Å²) in [4.78, 5) is 17.2. The fourth-order valence-electron chi connectivity index (χ4n) is 3.84. The van der Waals surface area contributed by atoms with Gasteiger partial charge in [-0.15, -0.1) is 0 Å². The fourth-order valence-corrected chi connectivity index (χ4v) is 4.35. The summed E-state index contributed by atoms with van der Waals surface area (Å²) in [5, 5.41) is 6.39. The number of ether oxygens (including phenoxy) is 1. The SMILES string of the molecule is Cc1cc(Nc2cc(Nc3ccc(C4CCCCO4)cc3N(C)S(C)(=O)=O)ncn2)nc(C)n1. The fraction of sp³-hybridized carbons (Fsp3) is 0.391. The van der Waals surface area contributed by atoms with Gasteiger partial charge in [0.25, 0.3) is 0 Å². The molecule has 1 aromatic carbocycles. The van der Waals surface area contributed by atoms with Gasteiger partial charge in [-0.25, -0.2) is 28.4 Å². The molecular formula is C23H29N7O3S. The molecule has 3 aromatic rings. The van der Waals surface area contributed by atoms with E-state index in [1.807, 2.05) is 38.1 Å². The number of benzene rings is 1. The van der Waals surface area contributed by atoms with Gasteiger partial charge < -0.3 is 15.4 Å². The highest BCUT2D eigenvalue weighted by Gasteiger charge is 2.21. The van der Waals surface area contributed by atoms with Crippen LogP contribution in [0.25, 0.3) is 0 Å². The van der Waals surface area contributed by atoms with Gasteiger partial charge in [0.2, 0.25) is 10.0 Å². The molecule has 2 N–H and O–H groups in total. The van der Waals surface area contributed by atoms with Crippen molar-refractivity contribution in [3.63, 3.8) is 0 Å². The van der Waals surface area contributed by atoms with Crippen molar-refractivity contribution < 1.29 is 13.2 Å². The van der Waals surface area contributed by atoms with E-state index in [4.69, 9.17) is 4.74 Å². The van der Waals surface area contributed by atoms with E-state index in [0.29, 0.717) is 41.3 Å². The van der Waals surface area contributed by atoms with Crippen LogP contribution >= 0.6 is 0 Å². The molecular weight excluding hydrogens is 454 g/mol. The first kappa shape index (κ1) is 23.8. The van der Waals surface area contributed by atoms with Crippen molar-refractivity contribution in [1.82, 2.24) is 19.9 Å². The molecule has 1 aliphatic heterocycles. The minimum Gasteiger partial charge on any atom is -0.374 e. The lowest BCUT2D eigenvalue weighted by molar-refractivity contribution is 0.0150. The van der Waals surface area contributed by atoms with Gasteiger partial charge >= 0.3 is 0 Å². The maximum Gasteiger partial charge on any atom is 0.232 e.